The normalized spacial score (nSPS) is 16.0. The van der Waals surface area contributed by atoms with E-state index in [2.05, 4.69) is 5.10 Å². The third-order valence-electron chi connectivity index (χ3n) is 4.27. The average molecular weight is 383 g/mol. The number of aryl methyl sites for hydroxylation is 1. The summed E-state index contributed by atoms with van der Waals surface area (Å²) < 4.78 is 52.6. The molecule has 0 spiro atoms. The molecule has 0 saturated carbocycles. The highest BCUT2D eigenvalue weighted by Crippen LogP contribution is 2.24. The molecule has 0 atom stereocenters. The van der Waals surface area contributed by atoms with Crippen molar-refractivity contribution in [2.24, 2.45) is 0 Å². The lowest BCUT2D eigenvalue weighted by atomic mass is 10.3. The zero-order valence-electron chi connectivity index (χ0n) is 14.8. The van der Waals surface area contributed by atoms with Crippen LogP contribution in [0.4, 0.5) is 4.39 Å². The van der Waals surface area contributed by atoms with E-state index in [9.17, 15) is 12.8 Å². The number of benzene rings is 1. The van der Waals surface area contributed by atoms with Crippen LogP contribution in [0.5, 0.6) is 5.75 Å². The van der Waals surface area contributed by atoms with Crippen LogP contribution < -0.4 is 4.74 Å². The second-order valence-electron chi connectivity index (χ2n) is 6.04. The van der Waals surface area contributed by atoms with Gasteiger partial charge in [-0.05, 0) is 38.1 Å². The molecule has 26 heavy (non-hydrogen) atoms. The average Bonchev–Trinajstić information content (AvgIpc) is 2.92. The molecular weight excluding hydrogens is 361 g/mol. The number of hydrogen-bond donors (Lipinski definition) is 0. The van der Waals surface area contributed by atoms with Crippen LogP contribution >= 0.6 is 0 Å². The number of morpholine rings is 1. The number of nitrogens with zero attached hydrogens (tertiary/aromatic N) is 3. The molecule has 7 nitrogen and oxygen atoms in total. The highest BCUT2D eigenvalue weighted by molar-refractivity contribution is 7.89. The van der Waals surface area contributed by atoms with Crippen molar-refractivity contribution >= 4 is 10.0 Å². The zero-order chi connectivity index (χ0) is 18.7. The molecule has 1 aliphatic heterocycles. The van der Waals surface area contributed by atoms with Crippen molar-refractivity contribution in [3.05, 3.63) is 41.5 Å². The van der Waals surface area contributed by atoms with Gasteiger partial charge in [0.15, 0.2) is 0 Å². The van der Waals surface area contributed by atoms with Crippen molar-refractivity contribution in [2.45, 2.75) is 25.3 Å². The number of ether oxygens (including phenoxy) is 2. The Morgan fingerprint density at radius 1 is 1.19 bits per heavy atom. The van der Waals surface area contributed by atoms with Gasteiger partial charge in [0.05, 0.1) is 31.1 Å². The van der Waals surface area contributed by atoms with Gasteiger partial charge in [-0.3, -0.25) is 4.68 Å². The monoisotopic (exact) mass is 383 g/mol. The second-order valence-corrected chi connectivity index (χ2v) is 7.92. The van der Waals surface area contributed by atoms with Crippen LogP contribution in [0.2, 0.25) is 0 Å². The predicted octanol–water partition coefficient (Wildman–Crippen LogP) is 1.74. The van der Waals surface area contributed by atoms with Crippen molar-refractivity contribution in [2.75, 3.05) is 32.9 Å². The topological polar surface area (TPSA) is 73.7 Å². The minimum atomic E-state index is -3.60. The maximum absolute atomic E-state index is 12.9. The summed E-state index contributed by atoms with van der Waals surface area (Å²) in [4.78, 5) is 0.251. The molecule has 0 amide bonds. The van der Waals surface area contributed by atoms with E-state index in [4.69, 9.17) is 9.47 Å². The molecule has 0 bridgehead atoms. The fourth-order valence-corrected chi connectivity index (χ4v) is 4.75. The minimum Gasteiger partial charge on any atom is -0.492 e. The van der Waals surface area contributed by atoms with Crippen LogP contribution in [0.1, 0.15) is 11.4 Å². The van der Waals surface area contributed by atoms with Gasteiger partial charge in [0.2, 0.25) is 10.0 Å². The first kappa shape index (κ1) is 18.8. The van der Waals surface area contributed by atoms with E-state index in [1.165, 1.54) is 16.4 Å². The molecular formula is C17H22FN3O4S. The first-order valence-corrected chi connectivity index (χ1v) is 9.84. The highest BCUT2D eigenvalue weighted by atomic mass is 32.2. The summed E-state index contributed by atoms with van der Waals surface area (Å²) in [5, 5.41) is 4.36. The van der Waals surface area contributed by atoms with Crippen LogP contribution in [-0.4, -0.2) is 55.4 Å². The molecule has 142 valence electrons. The number of aromatic nitrogens is 2. The Morgan fingerprint density at radius 3 is 2.50 bits per heavy atom. The zero-order valence-corrected chi connectivity index (χ0v) is 15.6. The molecule has 1 aromatic heterocycles. The first-order valence-electron chi connectivity index (χ1n) is 8.40. The third-order valence-corrected chi connectivity index (χ3v) is 6.42. The molecule has 2 heterocycles. The van der Waals surface area contributed by atoms with Gasteiger partial charge in [-0.2, -0.15) is 9.40 Å². The Labute approximate surface area is 152 Å². The van der Waals surface area contributed by atoms with Crippen LogP contribution in [0.15, 0.2) is 29.2 Å². The fraction of sp³-hybridized carbons (Fsp3) is 0.471. The lowest BCUT2D eigenvalue weighted by Crippen LogP contribution is -2.41. The number of hydrogen-bond acceptors (Lipinski definition) is 5. The minimum absolute atomic E-state index is 0.251. The van der Waals surface area contributed by atoms with E-state index >= 15 is 0 Å². The van der Waals surface area contributed by atoms with E-state index in [0.717, 1.165) is 0 Å². The van der Waals surface area contributed by atoms with Crippen molar-refractivity contribution in [3.8, 4) is 5.75 Å². The van der Waals surface area contributed by atoms with E-state index in [0.29, 0.717) is 56.6 Å². The first-order chi connectivity index (χ1) is 12.4. The van der Waals surface area contributed by atoms with Crippen LogP contribution in [0.3, 0.4) is 0 Å². The van der Waals surface area contributed by atoms with Crippen LogP contribution in [-0.2, 0) is 21.3 Å². The number of sulfonamides is 1. The summed E-state index contributed by atoms with van der Waals surface area (Å²) in [5.74, 6) is 0.225. The Bertz CT molecular complexity index is 859. The lowest BCUT2D eigenvalue weighted by molar-refractivity contribution is 0.0730. The summed E-state index contributed by atoms with van der Waals surface area (Å²) in [7, 11) is -3.60. The predicted molar refractivity (Wildman–Crippen MR) is 93.2 cm³/mol. The van der Waals surface area contributed by atoms with Gasteiger partial charge in [-0.1, -0.05) is 0 Å². The third kappa shape index (κ3) is 3.89. The van der Waals surface area contributed by atoms with Gasteiger partial charge in [0.25, 0.3) is 0 Å². The van der Waals surface area contributed by atoms with Gasteiger partial charge in [-0.15, -0.1) is 0 Å². The van der Waals surface area contributed by atoms with E-state index < -0.39 is 10.0 Å². The van der Waals surface area contributed by atoms with Gasteiger partial charge < -0.3 is 9.47 Å². The van der Waals surface area contributed by atoms with Crippen molar-refractivity contribution in [3.63, 3.8) is 0 Å². The summed E-state index contributed by atoms with van der Waals surface area (Å²) in [6.45, 7) is 5.62. The summed E-state index contributed by atoms with van der Waals surface area (Å²) >= 11 is 0. The Balaban J connectivity index is 1.72. The Morgan fingerprint density at radius 2 is 1.85 bits per heavy atom. The molecule has 0 aliphatic carbocycles. The lowest BCUT2D eigenvalue weighted by Gasteiger charge is -2.26. The molecule has 1 saturated heterocycles. The van der Waals surface area contributed by atoms with Gasteiger partial charge >= 0.3 is 0 Å². The quantitative estimate of drug-likeness (QED) is 0.760. The molecule has 1 aromatic carbocycles. The van der Waals surface area contributed by atoms with E-state index in [1.54, 1.807) is 30.7 Å². The SMILES string of the molecule is Cc1nn(CCOc2ccc(F)cc2)c(C)c1S(=O)(=O)N1CCOCC1. The van der Waals surface area contributed by atoms with Gasteiger partial charge in [-0.25, -0.2) is 12.8 Å². The van der Waals surface area contributed by atoms with Crippen molar-refractivity contribution in [1.29, 1.82) is 0 Å². The maximum Gasteiger partial charge on any atom is 0.246 e. The standard InChI is InChI=1S/C17H22FN3O4S/c1-13-17(26(22,23)20-7-10-24-11-8-20)14(2)21(19-13)9-12-25-16-5-3-15(18)4-6-16/h3-6H,7-12H2,1-2H3. The fourth-order valence-electron chi connectivity index (χ4n) is 2.97. The second kappa shape index (κ2) is 7.73. The van der Waals surface area contributed by atoms with Crippen LogP contribution in [0, 0.1) is 19.7 Å². The summed E-state index contributed by atoms with van der Waals surface area (Å²) in [6.07, 6.45) is 0. The molecule has 0 radical (unpaired) electrons. The highest BCUT2D eigenvalue weighted by Gasteiger charge is 2.31. The molecule has 0 unspecified atom stereocenters. The van der Waals surface area contributed by atoms with Crippen molar-refractivity contribution < 1.29 is 22.3 Å². The number of rotatable bonds is 6. The van der Waals surface area contributed by atoms with Gasteiger partial charge in [0, 0.05) is 13.1 Å². The molecule has 0 N–H and O–H groups in total. The summed E-state index contributed by atoms with van der Waals surface area (Å²) in [6, 6.07) is 5.74. The Kier molecular flexibility index (Phi) is 5.59. The molecule has 9 heteroatoms. The molecule has 2 aromatic rings. The summed E-state index contributed by atoms with van der Waals surface area (Å²) in [5.41, 5.74) is 1.05. The maximum atomic E-state index is 12.9. The van der Waals surface area contributed by atoms with Gasteiger partial charge in [0.1, 0.15) is 23.1 Å². The Hall–Kier alpha value is -1.97. The van der Waals surface area contributed by atoms with Crippen LogP contribution in [0.25, 0.3) is 0 Å². The molecule has 1 aliphatic rings. The van der Waals surface area contributed by atoms with E-state index in [1.807, 2.05) is 0 Å². The van der Waals surface area contributed by atoms with Crippen molar-refractivity contribution in [1.82, 2.24) is 14.1 Å². The van der Waals surface area contributed by atoms with E-state index in [-0.39, 0.29) is 10.7 Å². The number of halogens is 1. The molecule has 3 rings (SSSR count). The largest absolute Gasteiger partial charge is 0.492 e. The smallest absolute Gasteiger partial charge is 0.246 e. The molecule has 1 fully saturated rings.